The fourth-order valence-corrected chi connectivity index (χ4v) is 1.53. The first-order valence-electron chi connectivity index (χ1n) is 4.09. The Balaban J connectivity index is 2.20. The number of hydrogen-bond donors (Lipinski definition) is 0. The lowest BCUT2D eigenvalue weighted by Crippen LogP contribution is -2.19. The van der Waals surface area contributed by atoms with E-state index in [1.165, 1.54) is 32.5 Å². The van der Waals surface area contributed by atoms with Gasteiger partial charge >= 0.3 is 0 Å². The van der Waals surface area contributed by atoms with Gasteiger partial charge in [-0.25, -0.2) is 0 Å². The Morgan fingerprint density at radius 1 is 1.44 bits per heavy atom. The summed E-state index contributed by atoms with van der Waals surface area (Å²) in [6.07, 6.45) is 2.81. The third kappa shape index (κ3) is 1.68. The quantitative estimate of drug-likeness (QED) is 0.546. The SMILES string of the molecule is CC[C@@H]1CCN(CC)C1. The molecule has 1 saturated heterocycles. The van der Waals surface area contributed by atoms with Gasteiger partial charge < -0.3 is 4.90 Å². The molecule has 0 saturated carbocycles. The van der Waals surface area contributed by atoms with Crippen molar-refractivity contribution in [3.8, 4) is 0 Å². The van der Waals surface area contributed by atoms with E-state index in [-0.39, 0.29) is 0 Å². The third-order valence-corrected chi connectivity index (χ3v) is 2.39. The van der Waals surface area contributed by atoms with Gasteiger partial charge in [0, 0.05) is 6.54 Å². The van der Waals surface area contributed by atoms with Crippen LogP contribution in [0.25, 0.3) is 0 Å². The molecule has 1 heteroatoms. The van der Waals surface area contributed by atoms with E-state index in [1.54, 1.807) is 0 Å². The average Bonchev–Trinajstić information content (AvgIpc) is 2.34. The number of hydrogen-bond acceptors (Lipinski definition) is 1. The van der Waals surface area contributed by atoms with E-state index in [2.05, 4.69) is 18.7 Å². The Hall–Kier alpha value is -0.0400. The molecular formula is C8H17N. The van der Waals surface area contributed by atoms with Gasteiger partial charge in [0.1, 0.15) is 0 Å². The lowest BCUT2D eigenvalue weighted by molar-refractivity contribution is 0.340. The van der Waals surface area contributed by atoms with Gasteiger partial charge in [-0.1, -0.05) is 20.3 Å². The molecule has 0 radical (unpaired) electrons. The molecule has 0 aliphatic carbocycles. The van der Waals surface area contributed by atoms with Gasteiger partial charge in [-0.2, -0.15) is 0 Å². The second-order valence-electron chi connectivity index (χ2n) is 2.96. The van der Waals surface area contributed by atoms with Gasteiger partial charge in [0.25, 0.3) is 0 Å². The Morgan fingerprint density at radius 2 is 2.22 bits per heavy atom. The van der Waals surface area contributed by atoms with Gasteiger partial charge in [-0.05, 0) is 25.4 Å². The summed E-state index contributed by atoms with van der Waals surface area (Å²) in [7, 11) is 0. The first-order chi connectivity index (χ1) is 4.36. The van der Waals surface area contributed by atoms with Crippen molar-refractivity contribution < 1.29 is 0 Å². The molecule has 0 amide bonds. The molecule has 0 aromatic rings. The van der Waals surface area contributed by atoms with Crippen molar-refractivity contribution in [1.29, 1.82) is 0 Å². The van der Waals surface area contributed by atoms with Crippen molar-refractivity contribution in [3.05, 3.63) is 0 Å². The van der Waals surface area contributed by atoms with E-state index in [1.807, 2.05) is 0 Å². The predicted octanol–water partition coefficient (Wildman–Crippen LogP) is 1.74. The molecular weight excluding hydrogens is 110 g/mol. The second kappa shape index (κ2) is 3.21. The molecule has 1 nitrogen and oxygen atoms in total. The van der Waals surface area contributed by atoms with Crippen LogP contribution >= 0.6 is 0 Å². The van der Waals surface area contributed by atoms with E-state index in [9.17, 15) is 0 Å². The summed E-state index contributed by atoms with van der Waals surface area (Å²) in [6, 6.07) is 0. The Bertz CT molecular complexity index is 70.6. The highest BCUT2D eigenvalue weighted by atomic mass is 15.1. The monoisotopic (exact) mass is 127 g/mol. The topological polar surface area (TPSA) is 3.24 Å². The highest BCUT2D eigenvalue weighted by Crippen LogP contribution is 2.17. The van der Waals surface area contributed by atoms with E-state index >= 15 is 0 Å². The molecule has 1 atom stereocenters. The van der Waals surface area contributed by atoms with Crippen molar-refractivity contribution in [2.45, 2.75) is 26.7 Å². The van der Waals surface area contributed by atoms with E-state index in [0.29, 0.717) is 0 Å². The van der Waals surface area contributed by atoms with Crippen LogP contribution in [-0.2, 0) is 0 Å². The van der Waals surface area contributed by atoms with Crippen molar-refractivity contribution in [2.24, 2.45) is 5.92 Å². The summed E-state index contributed by atoms with van der Waals surface area (Å²) < 4.78 is 0. The van der Waals surface area contributed by atoms with E-state index in [0.717, 1.165) is 5.92 Å². The highest BCUT2D eigenvalue weighted by molar-refractivity contribution is 4.72. The van der Waals surface area contributed by atoms with Crippen molar-refractivity contribution >= 4 is 0 Å². The lowest BCUT2D eigenvalue weighted by Gasteiger charge is -2.11. The highest BCUT2D eigenvalue weighted by Gasteiger charge is 2.18. The fourth-order valence-electron chi connectivity index (χ4n) is 1.53. The molecule has 0 aromatic heterocycles. The summed E-state index contributed by atoms with van der Waals surface area (Å²) in [5, 5.41) is 0. The zero-order chi connectivity index (χ0) is 6.69. The molecule has 1 fully saturated rings. The Morgan fingerprint density at radius 3 is 2.56 bits per heavy atom. The molecule has 0 spiro atoms. The maximum absolute atomic E-state index is 2.54. The van der Waals surface area contributed by atoms with Crippen LogP contribution in [-0.4, -0.2) is 24.5 Å². The molecule has 9 heavy (non-hydrogen) atoms. The third-order valence-electron chi connectivity index (χ3n) is 2.39. The summed E-state index contributed by atoms with van der Waals surface area (Å²) in [4.78, 5) is 2.54. The number of rotatable bonds is 2. The standard InChI is InChI=1S/C8H17N/c1-3-8-5-6-9(4-2)7-8/h8H,3-7H2,1-2H3/t8-/m1/s1. The number of likely N-dealkylation sites (tertiary alicyclic amines) is 1. The Labute approximate surface area is 58.0 Å². The van der Waals surface area contributed by atoms with Crippen LogP contribution in [0.3, 0.4) is 0 Å². The number of nitrogens with zero attached hydrogens (tertiary/aromatic N) is 1. The van der Waals surface area contributed by atoms with Gasteiger partial charge in [-0.15, -0.1) is 0 Å². The smallest absolute Gasteiger partial charge is 0.000992 e. The van der Waals surface area contributed by atoms with Crippen LogP contribution in [0.1, 0.15) is 26.7 Å². The zero-order valence-electron chi connectivity index (χ0n) is 6.56. The molecule has 1 rings (SSSR count). The fraction of sp³-hybridized carbons (Fsp3) is 1.00. The summed E-state index contributed by atoms with van der Waals surface area (Å²) in [5.41, 5.74) is 0. The van der Waals surface area contributed by atoms with E-state index in [4.69, 9.17) is 0 Å². The van der Waals surface area contributed by atoms with E-state index < -0.39 is 0 Å². The largest absolute Gasteiger partial charge is 0.303 e. The van der Waals surface area contributed by atoms with Crippen LogP contribution < -0.4 is 0 Å². The van der Waals surface area contributed by atoms with Gasteiger partial charge in [0.2, 0.25) is 0 Å². The Kier molecular flexibility index (Phi) is 2.52. The molecule has 0 bridgehead atoms. The minimum Gasteiger partial charge on any atom is -0.303 e. The lowest BCUT2D eigenvalue weighted by atomic mass is 10.1. The summed E-state index contributed by atoms with van der Waals surface area (Å²) in [6.45, 7) is 8.49. The molecule has 0 unspecified atom stereocenters. The predicted molar refractivity (Wildman–Crippen MR) is 40.5 cm³/mol. The van der Waals surface area contributed by atoms with Gasteiger partial charge in [-0.3, -0.25) is 0 Å². The molecule has 54 valence electrons. The minimum absolute atomic E-state index is 1.00. The second-order valence-corrected chi connectivity index (χ2v) is 2.96. The van der Waals surface area contributed by atoms with Gasteiger partial charge in [0.05, 0.1) is 0 Å². The van der Waals surface area contributed by atoms with Gasteiger partial charge in [0.15, 0.2) is 0 Å². The molecule has 1 heterocycles. The van der Waals surface area contributed by atoms with Crippen LogP contribution in [0.4, 0.5) is 0 Å². The normalized spacial score (nSPS) is 29.3. The first-order valence-corrected chi connectivity index (χ1v) is 4.09. The zero-order valence-corrected chi connectivity index (χ0v) is 6.56. The average molecular weight is 127 g/mol. The first kappa shape index (κ1) is 7.07. The van der Waals surface area contributed by atoms with Crippen LogP contribution in [0.5, 0.6) is 0 Å². The molecule has 0 N–H and O–H groups in total. The van der Waals surface area contributed by atoms with Crippen LogP contribution in [0.2, 0.25) is 0 Å². The van der Waals surface area contributed by atoms with Crippen LogP contribution in [0.15, 0.2) is 0 Å². The molecule has 0 aromatic carbocycles. The van der Waals surface area contributed by atoms with Crippen molar-refractivity contribution in [1.82, 2.24) is 4.90 Å². The molecule has 1 aliphatic heterocycles. The summed E-state index contributed by atoms with van der Waals surface area (Å²) >= 11 is 0. The van der Waals surface area contributed by atoms with Crippen molar-refractivity contribution in [2.75, 3.05) is 19.6 Å². The summed E-state index contributed by atoms with van der Waals surface area (Å²) in [5.74, 6) is 1.00. The molecule has 1 aliphatic rings. The maximum Gasteiger partial charge on any atom is 0.000992 e. The minimum atomic E-state index is 1.00. The van der Waals surface area contributed by atoms with Crippen molar-refractivity contribution in [3.63, 3.8) is 0 Å². The maximum atomic E-state index is 2.54. The van der Waals surface area contributed by atoms with Crippen LogP contribution in [0, 0.1) is 5.92 Å².